The Bertz CT molecular complexity index is 596. The number of aliphatic carboxylic acids is 1. The predicted molar refractivity (Wildman–Crippen MR) is 83.5 cm³/mol. The van der Waals surface area contributed by atoms with Crippen molar-refractivity contribution in [2.75, 3.05) is 0 Å². The van der Waals surface area contributed by atoms with Crippen LogP contribution in [0, 0.1) is 17.8 Å². The van der Waals surface area contributed by atoms with Crippen LogP contribution >= 0.6 is 11.6 Å². The van der Waals surface area contributed by atoms with Crippen LogP contribution in [0.2, 0.25) is 5.02 Å². The first-order valence-corrected chi connectivity index (χ1v) is 8.17. The van der Waals surface area contributed by atoms with Crippen LogP contribution in [0.4, 0.5) is 0 Å². The second-order valence-electron chi connectivity index (χ2n) is 6.40. The van der Waals surface area contributed by atoms with Gasteiger partial charge in [-0.15, -0.1) is 0 Å². The fraction of sp³-hybridized carbons (Fsp3) is 0.529. The molecule has 5 heteroatoms. The van der Waals surface area contributed by atoms with Gasteiger partial charge in [0.2, 0.25) is 5.91 Å². The van der Waals surface area contributed by atoms with Crippen LogP contribution in [-0.4, -0.2) is 17.0 Å². The van der Waals surface area contributed by atoms with Gasteiger partial charge >= 0.3 is 5.97 Å². The lowest BCUT2D eigenvalue weighted by molar-refractivity contribution is -0.148. The van der Waals surface area contributed by atoms with Gasteiger partial charge in [-0.1, -0.05) is 30.7 Å². The number of halogens is 1. The molecular formula is C17H20ClNO3. The van der Waals surface area contributed by atoms with Gasteiger partial charge < -0.3 is 10.4 Å². The smallest absolute Gasteiger partial charge is 0.334 e. The van der Waals surface area contributed by atoms with Crippen LogP contribution in [0.25, 0.3) is 0 Å². The number of carboxylic acids is 1. The van der Waals surface area contributed by atoms with Crippen LogP contribution in [0.1, 0.15) is 38.2 Å². The van der Waals surface area contributed by atoms with E-state index < -0.39 is 11.5 Å². The van der Waals surface area contributed by atoms with Gasteiger partial charge in [0.25, 0.3) is 0 Å². The minimum atomic E-state index is -1.38. The number of carbonyl (C=O) groups excluding carboxylic acids is 1. The van der Waals surface area contributed by atoms with E-state index in [0.29, 0.717) is 22.4 Å². The topological polar surface area (TPSA) is 66.4 Å². The number of carbonyl (C=O) groups is 2. The lowest BCUT2D eigenvalue weighted by Crippen LogP contribution is -2.52. The van der Waals surface area contributed by atoms with E-state index in [0.717, 1.165) is 6.42 Å². The van der Waals surface area contributed by atoms with Crippen molar-refractivity contribution in [1.29, 1.82) is 0 Å². The van der Waals surface area contributed by atoms with Crippen molar-refractivity contribution < 1.29 is 14.7 Å². The molecule has 0 aliphatic heterocycles. The molecule has 0 spiro atoms. The van der Waals surface area contributed by atoms with Gasteiger partial charge in [-0.2, -0.15) is 0 Å². The van der Waals surface area contributed by atoms with Gasteiger partial charge in [-0.3, -0.25) is 4.79 Å². The van der Waals surface area contributed by atoms with Crippen LogP contribution in [-0.2, 0) is 15.1 Å². The zero-order valence-electron chi connectivity index (χ0n) is 12.5. The summed E-state index contributed by atoms with van der Waals surface area (Å²) in [6.45, 7) is 1.77. The molecule has 0 saturated heterocycles. The Morgan fingerprint density at radius 1 is 1.32 bits per heavy atom. The molecule has 0 bridgehead atoms. The first-order valence-electron chi connectivity index (χ1n) is 7.79. The van der Waals surface area contributed by atoms with E-state index in [2.05, 4.69) is 5.32 Å². The number of carboxylic acid groups (broad SMARTS) is 1. The van der Waals surface area contributed by atoms with Crippen molar-refractivity contribution in [2.45, 2.75) is 38.1 Å². The van der Waals surface area contributed by atoms with E-state index in [9.17, 15) is 14.7 Å². The monoisotopic (exact) mass is 321 g/mol. The molecule has 118 valence electrons. The van der Waals surface area contributed by atoms with Crippen molar-refractivity contribution in [1.82, 2.24) is 5.32 Å². The molecule has 0 aromatic heterocycles. The summed E-state index contributed by atoms with van der Waals surface area (Å²) in [5.41, 5.74) is -0.817. The fourth-order valence-corrected chi connectivity index (χ4v) is 3.42. The van der Waals surface area contributed by atoms with Crippen LogP contribution < -0.4 is 5.32 Å². The standard InChI is InChI=1S/C17H20ClNO3/c1-2-17(16(21)22,11-5-7-12(18)8-6-11)19-15(20)14-9-13(14)10-3-4-10/h5-8,10,13-14H,2-4,9H2,1H3,(H,19,20)(H,21,22). The van der Waals surface area contributed by atoms with Crippen molar-refractivity contribution >= 4 is 23.5 Å². The van der Waals surface area contributed by atoms with Gasteiger partial charge in [-0.25, -0.2) is 4.79 Å². The Balaban J connectivity index is 1.81. The Labute approximate surface area is 134 Å². The van der Waals surface area contributed by atoms with Crippen molar-refractivity contribution in [2.24, 2.45) is 17.8 Å². The summed E-state index contributed by atoms with van der Waals surface area (Å²) in [5, 5.41) is 13.1. The number of rotatable bonds is 6. The fourth-order valence-electron chi connectivity index (χ4n) is 3.29. The summed E-state index contributed by atoms with van der Waals surface area (Å²) in [5.74, 6) is -0.0174. The minimum absolute atomic E-state index is 0.00919. The van der Waals surface area contributed by atoms with Crippen molar-refractivity contribution in [3.8, 4) is 0 Å². The highest BCUT2D eigenvalue weighted by Gasteiger charge is 2.53. The quantitative estimate of drug-likeness (QED) is 0.845. The molecule has 22 heavy (non-hydrogen) atoms. The molecule has 3 unspecified atom stereocenters. The van der Waals surface area contributed by atoms with E-state index in [1.807, 2.05) is 0 Å². The molecule has 3 rings (SSSR count). The van der Waals surface area contributed by atoms with E-state index in [1.165, 1.54) is 12.8 Å². The lowest BCUT2D eigenvalue weighted by atomic mass is 9.87. The Morgan fingerprint density at radius 3 is 2.45 bits per heavy atom. The second-order valence-corrected chi connectivity index (χ2v) is 6.84. The highest BCUT2D eigenvalue weighted by molar-refractivity contribution is 6.30. The molecule has 0 heterocycles. The maximum Gasteiger partial charge on any atom is 0.334 e. The Morgan fingerprint density at radius 2 is 1.95 bits per heavy atom. The summed E-state index contributed by atoms with van der Waals surface area (Å²) < 4.78 is 0. The average Bonchev–Trinajstić information content (AvgIpc) is 3.37. The van der Waals surface area contributed by atoms with Gasteiger partial charge in [0, 0.05) is 10.9 Å². The van der Waals surface area contributed by atoms with E-state index in [1.54, 1.807) is 31.2 Å². The summed E-state index contributed by atoms with van der Waals surface area (Å²) in [6, 6.07) is 6.65. The lowest BCUT2D eigenvalue weighted by Gasteiger charge is -2.30. The van der Waals surface area contributed by atoms with E-state index >= 15 is 0 Å². The predicted octanol–water partition coefficient (Wildman–Crippen LogP) is 3.19. The molecule has 2 saturated carbocycles. The normalized spacial score (nSPS) is 26.1. The third-order valence-electron chi connectivity index (χ3n) is 4.97. The highest BCUT2D eigenvalue weighted by Crippen LogP contribution is 2.54. The number of amides is 1. The third-order valence-corrected chi connectivity index (χ3v) is 5.23. The van der Waals surface area contributed by atoms with Crippen LogP contribution in [0.5, 0.6) is 0 Å². The Kier molecular flexibility index (Phi) is 3.89. The molecule has 2 aliphatic rings. The minimum Gasteiger partial charge on any atom is -0.479 e. The molecule has 2 fully saturated rings. The maximum absolute atomic E-state index is 12.5. The molecular weight excluding hydrogens is 302 g/mol. The van der Waals surface area contributed by atoms with Crippen molar-refractivity contribution in [3.05, 3.63) is 34.9 Å². The summed E-state index contributed by atoms with van der Waals surface area (Å²) in [7, 11) is 0. The first-order chi connectivity index (χ1) is 10.5. The van der Waals surface area contributed by atoms with E-state index in [4.69, 9.17) is 11.6 Å². The molecule has 0 radical (unpaired) electrons. The summed E-state index contributed by atoms with van der Waals surface area (Å²) >= 11 is 5.88. The zero-order valence-corrected chi connectivity index (χ0v) is 13.3. The molecule has 2 aliphatic carbocycles. The van der Waals surface area contributed by atoms with Gasteiger partial charge in [0.05, 0.1) is 0 Å². The average molecular weight is 322 g/mol. The SMILES string of the molecule is CCC(NC(=O)C1CC1C1CC1)(C(=O)O)c1ccc(Cl)cc1. The van der Waals surface area contributed by atoms with Gasteiger partial charge in [-0.05, 0) is 55.2 Å². The molecule has 3 atom stereocenters. The number of hydrogen-bond donors (Lipinski definition) is 2. The Hall–Kier alpha value is -1.55. The molecule has 1 aromatic carbocycles. The largest absolute Gasteiger partial charge is 0.479 e. The van der Waals surface area contributed by atoms with E-state index in [-0.39, 0.29) is 18.2 Å². The number of nitrogens with one attached hydrogen (secondary N) is 1. The number of benzene rings is 1. The highest BCUT2D eigenvalue weighted by atomic mass is 35.5. The van der Waals surface area contributed by atoms with Crippen LogP contribution in [0.3, 0.4) is 0 Å². The molecule has 2 N–H and O–H groups in total. The zero-order chi connectivity index (χ0) is 15.9. The first kappa shape index (κ1) is 15.3. The second kappa shape index (κ2) is 5.58. The van der Waals surface area contributed by atoms with Gasteiger partial charge in [0.15, 0.2) is 5.54 Å². The summed E-state index contributed by atoms with van der Waals surface area (Å²) in [4.78, 5) is 24.4. The van der Waals surface area contributed by atoms with Crippen LogP contribution in [0.15, 0.2) is 24.3 Å². The number of hydrogen-bond acceptors (Lipinski definition) is 2. The molecule has 1 aromatic rings. The van der Waals surface area contributed by atoms with Crippen molar-refractivity contribution in [3.63, 3.8) is 0 Å². The molecule has 1 amide bonds. The maximum atomic E-state index is 12.5. The summed E-state index contributed by atoms with van der Waals surface area (Å²) in [6.07, 6.45) is 3.61. The molecule has 4 nitrogen and oxygen atoms in total. The third kappa shape index (κ3) is 2.72. The van der Waals surface area contributed by atoms with Gasteiger partial charge in [0.1, 0.15) is 0 Å².